The molecule has 0 aromatic heterocycles. The zero-order valence-corrected chi connectivity index (χ0v) is 12.7. The van der Waals surface area contributed by atoms with E-state index in [2.05, 4.69) is 9.12 Å². The van der Waals surface area contributed by atoms with Crippen LogP contribution in [0.3, 0.4) is 0 Å². The van der Waals surface area contributed by atoms with E-state index in [0.29, 0.717) is 0 Å². The van der Waals surface area contributed by atoms with E-state index in [1.165, 1.54) is 12.1 Å². The molecule has 0 saturated heterocycles. The predicted molar refractivity (Wildman–Crippen MR) is 75.3 cm³/mol. The van der Waals surface area contributed by atoms with Gasteiger partial charge in [0, 0.05) is 0 Å². The van der Waals surface area contributed by atoms with E-state index in [1.54, 1.807) is 17.8 Å². The lowest BCUT2D eigenvalue weighted by Crippen LogP contribution is -2.29. The Morgan fingerprint density at radius 2 is 1.76 bits per heavy atom. The molecule has 21 heavy (non-hydrogen) atoms. The molecule has 0 amide bonds. The van der Waals surface area contributed by atoms with Gasteiger partial charge in [-0.2, -0.15) is 8.42 Å². The molecule has 1 N–H and O–H groups in total. The van der Waals surface area contributed by atoms with Gasteiger partial charge < -0.3 is 4.84 Å². The topological polar surface area (TPSA) is 81.7 Å². The summed E-state index contributed by atoms with van der Waals surface area (Å²) in [4.78, 5) is 16.4. The third-order valence-corrected chi connectivity index (χ3v) is 4.67. The Balaban J connectivity index is 1.84. The van der Waals surface area contributed by atoms with Crippen LogP contribution >= 0.6 is 0 Å². The molecule has 6 nitrogen and oxygen atoms in total. The summed E-state index contributed by atoms with van der Waals surface area (Å²) in [6.07, 6.45) is 4.64. The van der Waals surface area contributed by atoms with E-state index >= 15 is 0 Å². The number of hydrogen-bond acceptors (Lipinski definition) is 6. The zero-order valence-electron chi connectivity index (χ0n) is 11.9. The van der Waals surface area contributed by atoms with Crippen molar-refractivity contribution in [2.45, 2.75) is 43.9 Å². The SMILES string of the molecule is Cc1ccc(S(=O)(=O)ONOC(=O)C2CCCCC2)cc1. The van der Waals surface area contributed by atoms with Crippen LogP contribution in [0, 0.1) is 12.8 Å². The van der Waals surface area contributed by atoms with Crippen molar-refractivity contribution in [3.05, 3.63) is 29.8 Å². The maximum absolute atomic E-state index is 11.8. The summed E-state index contributed by atoms with van der Waals surface area (Å²) < 4.78 is 28.1. The number of carbonyl (C=O) groups excluding carboxylic acids is 1. The maximum atomic E-state index is 11.8. The second-order valence-electron chi connectivity index (χ2n) is 5.19. The van der Waals surface area contributed by atoms with Gasteiger partial charge in [0.25, 0.3) is 0 Å². The van der Waals surface area contributed by atoms with Gasteiger partial charge in [0.1, 0.15) is 0 Å². The Labute approximate surface area is 124 Å². The summed E-state index contributed by atoms with van der Waals surface area (Å²) in [5.74, 6) is -0.661. The summed E-state index contributed by atoms with van der Waals surface area (Å²) in [6.45, 7) is 1.85. The molecule has 1 aliphatic carbocycles. The van der Waals surface area contributed by atoms with Crippen molar-refractivity contribution in [1.29, 1.82) is 0 Å². The molecule has 0 unspecified atom stereocenters. The smallest absolute Gasteiger partial charge is 0.330 e. The highest BCUT2D eigenvalue weighted by molar-refractivity contribution is 7.86. The normalized spacial score (nSPS) is 16.6. The summed E-state index contributed by atoms with van der Waals surface area (Å²) >= 11 is 0. The van der Waals surface area contributed by atoms with Gasteiger partial charge in [-0.05, 0) is 37.5 Å². The molecule has 0 aliphatic heterocycles. The Hall–Kier alpha value is -1.44. The molecule has 1 aromatic rings. The van der Waals surface area contributed by atoms with Crippen LogP contribution in [0.1, 0.15) is 37.7 Å². The lowest BCUT2D eigenvalue weighted by Gasteiger charge is -2.19. The predicted octanol–water partition coefficient (Wildman–Crippen LogP) is 2.24. The highest BCUT2D eigenvalue weighted by Crippen LogP contribution is 2.24. The van der Waals surface area contributed by atoms with Crippen LogP contribution in [0.5, 0.6) is 0 Å². The molecule has 1 aliphatic rings. The zero-order chi connectivity index (χ0) is 15.3. The van der Waals surface area contributed by atoms with Gasteiger partial charge in [-0.3, -0.25) is 0 Å². The first-order chi connectivity index (χ1) is 9.99. The van der Waals surface area contributed by atoms with Gasteiger partial charge in [0.2, 0.25) is 0 Å². The van der Waals surface area contributed by atoms with E-state index in [1.807, 2.05) is 6.92 Å². The van der Waals surface area contributed by atoms with Gasteiger partial charge in [-0.15, -0.1) is 4.28 Å². The number of hydrogen-bond donors (Lipinski definition) is 1. The van der Waals surface area contributed by atoms with Gasteiger partial charge in [0.05, 0.1) is 10.8 Å². The summed E-state index contributed by atoms with van der Waals surface area (Å²) in [5, 5.41) is 0. The van der Waals surface area contributed by atoms with Crippen LogP contribution in [0.2, 0.25) is 0 Å². The Morgan fingerprint density at radius 3 is 2.38 bits per heavy atom. The van der Waals surface area contributed by atoms with Crippen LogP contribution in [-0.4, -0.2) is 14.4 Å². The minimum atomic E-state index is -3.99. The van der Waals surface area contributed by atoms with Crippen molar-refractivity contribution >= 4 is 16.1 Å². The summed E-state index contributed by atoms with van der Waals surface area (Å²) in [7, 11) is -3.99. The van der Waals surface area contributed by atoms with Crippen molar-refractivity contribution in [1.82, 2.24) is 5.64 Å². The Morgan fingerprint density at radius 1 is 1.14 bits per heavy atom. The number of rotatable bonds is 5. The third kappa shape index (κ3) is 4.52. The molecule has 1 aromatic carbocycles. The van der Waals surface area contributed by atoms with E-state index in [4.69, 9.17) is 0 Å². The summed E-state index contributed by atoms with van der Waals surface area (Å²) in [6, 6.07) is 6.17. The van der Waals surface area contributed by atoms with Gasteiger partial charge in [-0.25, -0.2) is 4.79 Å². The van der Waals surface area contributed by atoms with Crippen LogP contribution in [0.25, 0.3) is 0 Å². The standard InChI is InChI=1S/C14H19NO5S/c1-11-7-9-13(10-8-11)21(17,18)20-15-19-14(16)12-5-3-2-4-6-12/h7-10,12,15H,2-6H2,1H3. The van der Waals surface area contributed by atoms with E-state index in [9.17, 15) is 13.2 Å². The molecule has 0 spiro atoms. The fraction of sp³-hybridized carbons (Fsp3) is 0.500. The molecule has 1 fully saturated rings. The highest BCUT2D eigenvalue weighted by atomic mass is 32.2. The molecule has 0 heterocycles. The number of benzene rings is 1. The third-order valence-electron chi connectivity index (χ3n) is 3.53. The molecular formula is C14H19NO5S. The van der Waals surface area contributed by atoms with Crippen molar-refractivity contribution in [3.8, 4) is 0 Å². The molecule has 0 radical (unpaired) electrons. The van der Waals surface area contributed by atoms with Crippen molar-refractivity contribution in [2.75, 3.05) is 0 Å². The lowest BCUT2D eigenvalue weighted by molar-refractivity contribution is -0.176. The fourth-order valence-electron chi connectivity index (χ4n) is 2.28. The largest absolute Gasteiger partial charge is 0.344 e. The average molecular weight is 313 g/mol. The van der Waals surface area contributed by atoms with Crippen LogP contribution in [-0.2, 0) is 24.0 Å². The van der Waals surface area contributed by atoms with Crippen molar-refractivity contribution in [3.63, 3.8) is 0 Å². The van der Waals surface area contributed by atoms with Crippen LogP contribution in [0.15, 0.2) is 29.2 Å². The minimum Gasteiger partial charge on any atom is -0.344 e. The molecule has 2 rings (SSSR count). The first kappa shape index (κ1) is 15.9. The quantitative estimate of drug-likeness (QED) is 0.840. The van der Waals surface area contributed by atoms with Crippen molar-refractivity contribution in [2.24, 2.45) is 5.92 Å². The van der Waals surface area contributed by atoms with E-state index in [0.717, 1.165) is 37.7 Å². The first-order valence-corrected chi connectivity index (χ1v) is 8.36. The summed E-state index contributed by atoms with van der Waals surface area (Å²) in [5.41, 5.74) is 2.73. The second-order valence-corrected chi connectivity index (χ2v) is 6.74. The van der Waals surface area contributed by atoms with Gasteiger partial charge >= 0.3 is 16.1 Å². The minimum absolute atomic E-state index is 0.00526. The molecule has 0 atom stereocenters. The number of carbonyl (C=O) groups is 1. The van der Waals surface area contributed by atoms with Crippen LogP contribution in [0.4, 0.5) is 0 Å². The van der Waals surface area contributed by atoms with Crippen LogP contribution < -0.4 is 5.64 Å². The highest BCUT2D eigenvalue weighted by Gasteiger charge is 2.24. The molecule has 0 bridgehead atoms. The Kier molecular flexibility index (Phi) is 5.33. The second kappa shape index (κ2) is 7.02. The molecule has 1 saturated carbocycles. The number of nitrogens with one attached hydrogen (secondary N) is 1. The molecule has 116 valence electrons. The molecular weight excluding hydrogens is 294 g/mol. The van der Waals surface area contributed by atoms with Crippen molar-refractivity contribution < 1.29 is 22.3 Å². The number of aryl methyl sites for hydroxylation is 1. The van der Waals surface area contributed by atoms with E-state index < -0.39 is 16.1 Å². The monoisotopic (exact) mass is 313 g/mol. The maximum Gasteiger partial charge on any atom is 0.330 e. The van der Waals surface area contributed by atoms with Gasteiger partial charge in [-0.1, -0.05) is 37.0 Å². The van der Waals surface area contributed by atoms with Gasteiger partial charge in [0.15, 0.2) is 0 Å². The molecule has 7 heteroatoms. The average Bonchev–Trinajstić information content (AvgIpc) is 2.48. The Bertz CT molecular complexity index is 576. The van der Waals surface area contributed by atoms with E-state index in [-0.39, 0.29) is 10.8 Å². The lowest BCUT2D eigenvalue weighted by atomic mass is 9.89. The fourth-order valence-corrected chi connectivity index (χ4v) is 2.97. The first-order valence-electron chi connectivity index (χ1n) is 6.95.